The maximum atomic E-state index is 13.1. The van der Waals surface area contributed by atoms with Crippen molar-refractivity contribution in [3.8, 4) is 5.75 Å². The van der Waals surface area contributed by atoms with E-state index in [1.165, 1.54) is 54.8 Å². The van der Waals surface area contributed by atoms with Crippen LogP contribution >= 0.6 is 23.2 Å². The molecule has 0 fully saturated rings. The van der Waals surface area contributed by atoms with Crippen LogP contribution in [0.5, 0.6) is 5.75 Å². The van der Waals surface area contributed by atoms with E-state index >= 15 is 0 Å². The van der Waals surface area contributed by atoms with Crippen molar-refractivity contribution in [2.24, 2.45) is 19.1 Å². The molecule has 46 heavy (non-hydrogen) atoms. The van der Waals surface area contributed by atoms with Gasteiger partial charge < -0.3 is 9.30 Å². The quantitative estimate of drug-likeness (QED) is 0.141. The molecule has 0 aliphatic carbocycles. The number of aryl methyl sites for hydroxylation is 1. The average Bonchev–Trinajstić information content (AvgIpc) is 3.42. The number of benzene rings is 2. The summed E-state index contributed by atoms with van der Waals surface area (Å²) in [5, 5.41) is 5.56. The Hall–Kier alpha value is -5.74. The van der Waals surface area contributed by atoms with Gasteiger partial charge in [0.1, 0.15) is 12.3 Å². The zero-order chi connectivity index (χ0) is 33.1. The van der Waals surface area contributed by atoms with Crippen LogP contribution in [0.25, 0.3) is 11.2 Å². The van der Waals surface area contributed by atoms with E-state index in [4.69, 9.17) is 27.9 Å². The standard InChI is InChI=1S/C28H22Cl2N10O6/c1-14(41)46-19-10-5-4-7-15(19)23(43)34-27-36-25(31-11-16-17(29)8-6-9-18(16)30)35-26(37-27)33-20(42)12-40-13-32-22-21(40)24(44)39(3)28(45)38(22)2/h4-11,13H,12H2,1-3H3,(H2,33,34,35,36,37,42,43)/b31-11+. The Labute approximate surface area is 268 Å². The second-order valence-corrected chi connectivity index (χ2v) is 10.3. The van der Waals surface area contributed by atoms with E-state index in [1.54, 1.807) is 30.3 Å². The van der Waals surface area contributed by atoms with Gasteiger partial charge >= 0.3 is 11.7 Å². The number of hydrogen-bond acceptors (Lipinski definition) is 11. The fraction of sp³-hybridized carbons (Fsp3) is 0.143. The molecular formula is C28H22Cl2N10O6. The van der Waals surface area contributed by atoms with Gasteiger partial charge in [-0.3, -0.25) is 38.9 Å². The molecule has 0 aliphatic rings. The van der Waals surface area contributed by atoms with Crippen LogP contribution in [0.2, 0.25) is 10.0 Å². The molecule has 0 radical (unpaired) electrons. The summed E-state index contributed by atoms with van der Waals surface area (Å²) < 4.78 is 8.46. The molecule has 18 heteroatoms. The Kier molecular flexibility index (Phi) is 9.01. The lowest BCUT2D eigenvalue weighted by molar-refractivity contribution is -0.131. The number of amides is 2. The number of rotatable bonds is 8. The molecule has 3 aromatic heterocycles. The number of para-hydroxylation sites is 1. The predicted molar refractivity (Wildman–Crippen MR) is 168 cm³/mol. The molecule has 0 saturated carbocycles. The van der Waals surface area contributed by atoms with Crippen molar-refractivity contribution in [3.05, 3.63) is 90.8 Å². The zero-order valence-electron chi connectivity index (χ0n) is 24.2. The molecule has 2 N–H and O–H groups in total. The lowest BCUT2D eigenvalue weighted by Gasteiger charge is -2.10. The van der Waals surface area contributed by atoms with E-state index in [1.807, 2.05) is 0 Å². The third-order valence-electron chi connectivity index (χ3n) is 6.33. The summed E-state index contributed by atoms with van der Waals surface area (Å²) >= 11 is 12.5. The van der Waals surface area contributed by atoms with Gasteiger partial charge in [-0.1, -0.05) is 41.4 Å². The van der Waals surface area contributed by atoms with Crippen LogP contribution in [0.1, 0.15) is 22.8 Å². The number of nitrogens with zero attached hydrogens (tertiary/aromatic N) is 8. The van der Waals surface area contributed by atoms with Crippen LogP contribution < -0.4 is 26.6 Å². The topological polar surface area (TPSA) is 197 Å². The Morgan fingerprint density at radius 1 is 0.935 bits per heavy atom. The highest BCUT2D eigenvalue weighted by atomic mass is 35.5. The number of esters is 1. The van der Waals surface area contributed by atoms with Gasteiger partial charge in [-0.05, 0) is 24.3 Å². The van der Waals surface area contributed by atoms with Crippen LogP contribution in [0.3, 0.4) is 0 Å². The number of ether oxygens (including phenoxy) is 1. The Bertz CT molecular complexity index is 2170. The third kappa shape index (κ3) is 6.67. The highest BCUT2D eigenvalue weighted by molar-refractivity contribution is 6.38. The minimum atomic E-state index is -0.740. The molecule has 2 aromatic carbocycles. The molecule has 234 valence electrons. The second-order valence-electron chi connectivity index (χ2n) is 9.52. The molecule has 5 rings (SSSR count). The number of nitrogens with one attached hydrogen (secondary N) is 2. The summed E-state index contributed by atoms with van der Waals surface area (Å²) in [5.41, 5.74) is -0.738. The highest BCUT2D eigenvalue weighted by Crippen LogP contribution is 2.24. The van der Waals surface area contributed by atoms with Crippen molar-refractivity contribution in [3.63, 3.8) is 0 Å². The summed E-state index contributed by atoms with van der Waals surface area (Å²) in [6.45, 7) is 0.775. The van der Waals surface area contributed by atoms with Crippen molar-refractivity contribution in [1.29, 1.82) is 0 Å². The monoisotopic (exact) mass is 664 g/mol. The second kappa shape index (κ2) is 13.1. The van der Waals surface area contributed by atoms with Crippen molar-refractivity contribution in [2.45, 2.75) is 13.5 Å². The Morgan fingerprint density at radius 3 is 2.30 bits per heavy atom. The van der Waals surface area contributed by atoms with Gasteiger partial charge in [-0.15, -0.1) is 0 Å². The molecule has 5 aromatic rings. The van der Waals surface area contributed by atoms with Gasteiger partial charge in [0.15, 0.2) is 11.2 Å². The number of carbonyl (C=O) groups excluding carboxylic acids is 3. The number of aliphatic imine (C=N–C) groups is 1. The van der Waals surface area contributed by atoms with E-state index in [2.05, 4.69) is 35.6 Å². The van der Waals surface area contributed by atoms with E-state index in [0.29, 0.717) is 15.6 Å². The number of aromatic nitrogens is 7. The molecule has 3 heterocycles. The molecule has 16 nitrogen and oxygen atoms in total. The van der Waals surface area contributed by atoms with Gasteiger partial charge in [0, 0.05) is 32.8 Å². The first-order chi connectivity index (χ1) is 21.9. The van der Waals surface area contributed by atoms with Gasteiger partial charge in [0.2, 0.25) is 17.8 Å². The van der Waals surface area contributed by atoms with Crippen LogP contribution in [-0.2, 0) is 30.2 Å². The first kappa shape index (κ1) is 31.7. The molecule has 0 aliphatic heterocycles. The van der Waals surface area contributed by atoms with Crippen molar-refractivity contribution in [2.75, 3.05) is 10.6 Å². The Balaban J connectivity index is 1.47. The van der Waals surface area contributed by atoms with E-state index in [9.17, 15) is 24.0 Å². The van der Waals surface area contributed by atoms with Gasteiger partial charge in [0.25, 0.3) is 17.4 Å². The van der Waals surface area contributed by atoms with Gasteiger partial charge in [-0.25, -0.2) is 14.8 Å². The SMILES string of the molecule is CC(=O)Oc1ccccc1C(=O)Nc1nc(/N=C/c2c(Cl)cccc2Cl)nc(NC(=O)Cn2cnc3c2c(=O)n(C)c(=O)n3C)n1. The lowest BCUT2D eigenvalue weighted by atomic mass is 10.2. The predicted octanol–water partition coefficient (Wildman–Crippen LogP) is 2.49. The average molecular weight is 665 g/mol. The summed E-state index contributed by atoms with van der Waals surface area (Å²) in [4.78, 5) is 83.5. The van der Waals surface area contributed by atoms with Gasteiger partial charge in [-0.2, -0.15) is 15.0 Å². The minimum Gasteiger partial charge on any atom is -0.426 e. The van der Waals surface area contributed by atoms with E-state index < -0.39 is 35.6 Å². The van der Waals surface area contributed by atoms with Crippen molar-refractivity contribution < 1.29 is 19.1 Å². The van der Waals surface area contributed by atoms with Crippen molar-refractivity contribution in [1.82, 2.24) is 33.6 Å². The molecule has 0 spiro atoms. The number of halogens is 2. The lowest BCUT2D eigenvalue weighted by Crippen LogP contribution is -2.37. The molecule has 0 atom stereocenters. The van der Waals surface area contributed by atoms with Gasteiger partial charge in [0.05, 0.1) is 21.9 Å². The van der Waals surface area contributed by atoms with E-state index in [-0.39, 0.29) is 40.3 Å². The van der Waals surface area contributed by atoms with Crippen LogP contribution in [0.4, 0.5) is 17.8 Å². The molecule has 0 unspecified atom stereocenters. The zero-order valence-corrected chi connectivity index (χ0v) is 25.7. The first-order valence-electron chi connectivity index (χ1n) is 13.2. The fourth-order valence-electron chi connectivity index (χ4n) is 4.19. The van der Waals surface area contributed by atoms with Crippen LogP contribution in [-0.4, -0.2) is 57.6 Å². The summed E-state index contributed by atoms with van der Waals surface area (Å²) in [7, 11) is 2.76. The third-order valence-corrected chi connectivity index (χ3v) is 6.98. The normalized spacial score (nSPS) is 11.2. The summed E-state index contributed by atoms with van der Waals surface area (Å²) in [6.07, 6.45) is 2.54. The minimum absolute atomic E-state index is 0.000403. The summed E-state index contributed by atoms with van der Waals surface area (Å²) in [5.74, 6) is -2.95. The molecular weight excluding hydrogens is 643 g/mol. The number of hydrogen-bond donors (Lipinski definition) is 2. The van der Waals surface area contributed by atoms with Crippen LogP contribution in [0.15, 0.2) is 63.4 Å². The van der Waals surface area contributed by atoms with Crippen LogP contribution in [0, 0.1) is 0 Å². The van der Waals surface area contributed by atoms with Crippen molar-refractivity contribution >= 4 is 76.2 Å². The Morgan fingerprint density at radius 2 is 1.61 bits per heavy atom. The number of anilines is 2. The summed E-state index contributed by atoms with van der Waals surface area (Å²) in [6, 6.07) is 10.9. The molecule has 2 amide bonds. The highest BCUT2D eigenvalue weighted by Gasteiger charge is 2.19. The number of imidazole rings is 1. The van der Waals surface area contributed by atoms with E-state index in [0.717, 1.165) is 4.57 Å². The molecule has 0 bridgehead atoms. The fourth-order valence-corrected chi connectivity index (χ4v) is 4.69. The number of carbonyl (C=O) groups is 3. The maximum absolute atomic E-state index is 13.1. The first-order valence-corrected chi connectivity index (χ1v) is 13.9. The smallest absolute Gasteiger partial charge is 0.332 e. The maximum Gasteiger partial charge on any atom is 0.332 e. The largest absolute Gasteiger partial charge is 0.426 e. The molecule has 0 saturated heterocycles. The number of fused-ring (bicyclic) bond motifs is 1.